The second kappa shape index (κ2) is 10.0. The van der Waals surface area contributed by atoms with Crippen LogP contribution in [0.4, 0.5) is 5.69 Å². The van der Waals surface area contributed by atoms with Crippen LogP contribution in [-0.2, 0) is 9.59 Å². The van der Waals surface area contributed by atoms with E-state index in [1.54, 1.807) is 4.90 Å². The highest BCUT2D eigenvalue weighted by atomic mass is 32.2. The second-order valence-electron chi connectivity index (χ2n) is 6.20. The fourth-order valence-electron chi connectivity index (χ4n) is 2.62. The van der Waals surface area contributed by atoms with Crippen LogP contribution in [0.5, 0.6) is 0 Å². The molecule has 1 atom stereocenters. The van der Waals surface area contributed by atoms with Crippen LogP contribution in [0, 0.1) is 6.92 Å². The molecule has 0 aromatic heterocycles. The molecule has 26 heavy (non-hydrogen) atoms. The molecule has 5 heteroatoms. The maximum atomic E-state index is 12.8. The topological polar surface area (TPSA) is 49.4 Å². The molecule has 0 spiro atoms. The van der Waals surface area contributed by atoms with E-state index in [2.05, 4.69) is 5.32 Å². The van der Waals surface area contributed by atoms with Crippen molar-refractivity contribution < 1.29 is 9.59 Å². The quantitative estimate of drug-likeness (QED) is 0.703. The van der Waals surface area contributed by atoms with Crippen LogP contribution < -0.4 is 5.32 Å². The average molecular weight is 371 g/mol. The van der Waals surface area contributed by atoms with Crippen molar-refractivity contribution in [2.24, 2.45) is 0 Å². The Morgan fingerprint density at radius 2 is 1.73 bits per heavy atom. The number of para-hydroxylation sites is 1. The molecule has 0 aliphatic carbocycles. The number of amides is 2. The maximum absolute atomic E-state index is 12.8. The van der Waals surface area contributed by atoms with Gasteiger partial charge in [-0.25, -0.2) is 0 Å². The zero-order valence-corrected chi connectivity index (χ0v) is 16.4. The first-order valence-electron chi connectivity index (χ1n) is 8.87. The van der Waals surface area contributed by atoms with Gasteiger partial charge in [-0.1, -0.05) is 43.3 Å². The van der Waals surface area contributed by atoms with E-state index in [1.807, 2.05) is 75.4 Å². The molecule has 0 aliphatic heterocycles. The predicted molar refractivity (Wildman–Crippen MR) is 108 cm³/mol. The van der Waals surface area contributed by atoms with Gasteiger partial charge in [0.05, 0.1) is 11.8 Å². The first kappa shape index (κ1) is 20.0. The van der Waals surface area contributed by atoms with E-state index < -0.39 is 0 Å². The molecule has 0 heterocycles. The number of carbonyl (C=O) groups is 2. The average Bonchev–Trinajstić information content (AvgIpc) is 2.63. The molecule has 2 rings (SSSR count). The summed E-state index contributed by atoms with van der Waals surface area (Å²) in [6.07, 6.45) is 0.812. The molecule has 1 N–H and O–H groups in total. The molecular weight excluding hydrogens is 344 g/mol. The van der Waals surface area contributed by atoms with Crippen LogP contribution in [0.3, 0.4) is 0 Å². The Hall–Kier alpha value is -2.27. The fraction of sp³-hybridized carbons (Fsp3) is 0.333. The molecule has 0 saturated carbocycles. The van der Waals surface area contributed by atoms with Gasteiger partial charge in [-0.15, -0.1) is 11.8 Å². The highest BCUT2D eigenvalue weighted by molar-refractivity contribution is 8.00. The van der Waals surface area contributed by atoms with Gasteiger partial charge in [0.25, 0.3) is 0 Å². The zero-order valence-electron chi connectivity index (χ0n) is 15.6. The molecule has 4 nitrogen and oxygen atoms in total. The number of hydrogen-bond donors (Lipinski definition) is 1. The first-order valence-corrected chi connectivity index (χ1v) is 9.75. The highest BCUT2D eigenvalue weighted by Crippen LogP contribution is 2.24. The van der Waals surface area contributed by atoms with Gasteiger partial charge in [0, 0.05) is 17.1 Å². The maximum Gasteiger partial charge on any atom is 0.244 e. The van der Waals surface area contributed by atoms with Gasteiger partial charge in [0.1, 0.15) is 0 Å². The Labute approximate surface area is 160 Å². The summed E-state index contributed by atoms with van der Waals surface area (Å²) < 4.78 is 0. The summed E-state index contributed by atoms with van der Waals surface area (Å²) >= 11 is 1.52. The molecule has 2 aromatic rings. The molecule has 1 unspecified atom stereocenters. The lowest BCUT2D eigenvalue weighted by Crippen LogP contribution is -2.42. The van der Waals surface area contributed by atoms with E-state index in [0.29, 0.717) is 6.54 Å². The van der Waals surface area contributed by atoms with Crippen molar-refractivity contribution in [3.05, 3.63) is 60.2 Å². The third-order valence-corrected chi connectivity index (χ3v) is 5.06. The van der Waals surface area contributed by atoms with Gasteiger partial charge in [0.15, 0.2) is 0 Å². The normalized spacial score (nSPS) is 11.7. The van der Waals surface area contributed by atoms with E-state index in [0.717, 1.165) is 22.6 Å². The summed E-state index contributed by atoms with van der Waals surface area (Å²) in [6, 6.07) is 17.5. The first-order chi connectivity index (χ1) is 12.5. The summed E-state index contributed by atoms with van der Waals surface area (Å²) in [7, 11) is 0. The van der Waals surface area contributed by atoms with Gasteiger partial charge in [-0.3, -0.25) is 9.59 Å². The summed E-state index contributed by atoms with van der Waals surface area (Å²) in [5, 5.41) is 2.66. The molecule has 0 fully saturated rings. The van der Waals surface area contributed by atoms with Crippen molar-refractivity contribution in [2.75, 3.05) is 18.4 Å². The van der Waals surface area contributed by atoms with Crippen molar-refractivity contribution in [3.8, 4) is 0 Å². The van der Waals surface area contributed by atoms with Gasteiger partial charge in [-0.05, 0) is 44.0 Å². The molecule has 138 valence electrons. The number of benzene rings is 2. The lowest BCUT2D eigenvalue weighted by Gasteiger charge is -2.25. The Bertz CT molecular complexity index is 734. The van der Waals surface area contributed by atoms with Gasteiger partial charge in [-0.2, -0.15) is 0 Å². The van der Waals surface area contributed by atoms with E-state index in [4.69, 9.17) is 0 Å². The van der Waals surface area contributed by atoms with E-state index >= 15 is 0 Å². The third-order valence-electron chi connectivity index (χ3n) is 3.96. The molecule has 0 saturated heterocycles. The molecule has 0 bridgehead atoms. The molecule has 0 radical (unpaired) electrons. The van der Waals surface area contributed by atoms with Crippen molar-refractivity contribution in [2.45, 2.75) is 37.3 Å². The largest absolute Gasteiger partial charge is 0.332 e. The van der Waals surface area contributed by atoms with Gasteiger partial charge in [0.2, 0.25) is 11.8 Å². The van der Waals surface area contributed by atoms with Gasteiger partial charge >= 0.3 is 0 Å². The molecule has 2 aromatic carbocycles. The van der Waals surface area contributed by atoms with Crippen molar-refractivity contribution in [3.63, 3.8) is 0 Å². The minimum Gasteiger partial charge on any atom is -0.332 e. The van der Waals surface area contributed by atoms with Crippen LogP contribution in [0.25, 0.3) is 0 Å². The monoisotopic (exact) mass is 370 g/mol. The zero-order chi connectivity index (χ0) is 18.9. The molecule has 2 amide bonds. The lowest BCUT2D eigenvalue weighted by atomic mass is 10.2. The Kier molecular flexibility index (Phi) is 7.73. The summed E-state index contributed by atoms with van der Waals surface area (Å²) in [6.45, 7) is 6.49. The smallest absolute Gasteiger partial charge is 0.244 e. The highest BCUT2D eigenvalue weighted by Gasteiger charge is 2.23. The van der Waals surface area contributed by atoms with Gasteiger partial charge < -0.3 is 10.2 Å². The molecule has 0 aliphatic rings. The SMILES string of the molecule is CCCN(CC(=O)Nc1ccccc1C)C(=O)C(C)Sc1ccccc1. The Morgan fingerprint density at radius 3 is 2.38 bits per heavy atom. The summed E-state index contributed by atoms with van der Waals surface area (Å²) in [4.78, 5) is 27.9. The number of hydrogen-bond acceptors (Lipinski definition) is 3. The number of aryl methyl sites for hydroxylation is 1. The number of anilines is 1. The minimum atomic E-state index is -0.241. The number of nitrogens with zero attached hydrogens (tertiary/aromatic N) is 1. The number of carbonyl (C=O) groups excluding carboxylic acids is 2. The third kappa shape index (κ3) is 5.92. The molecular formula is C21H26N2O2S. The fourth-order valence-corrected chi connectivity index (χ4v) is 3.60. The number of thioether (sulfide) groups is 1. The van der Waals surface area contributed by atoms with Crippen molar-refractivity contribution in [1.29, 1.82) is 0 Å². The van der Waals surface area contributed by atoms with Crippen molar-refractivity contribution >= 4 is 29.3 Å². The summed E-state index contributed by atoms with van der Waals surface area (Å²) in [5.41, 5.74) is 1.79. The van der Waals surface area contributed by atoms with Crippen LogP contribution in [0.15, 0.2) is 59.5 Å². The Morgan fingerprint density at radius 1 is 1.08 bits per heavy atom. The standard InChI is InChI=1S/C21H26N2O2S/c1-4-14-23(15-20(24)22-19-13-9-8-10-16(19)2)21(25)17(3)26-18-11-6-5-7-12-18/h5-13,17H,4,14-15H2,1-3H3,(H,22,24). The van der Waals surface area contributed by atoms with E-state index in [1.165, 1.54) is 11.8 Å². The Balaban J connectivity index is 1.99. The van der Waals surface area contributed by atoms with E-state index in [-0.39, 0.29) is 23.6 Å². The minimum absolute atomic E-state index is 0.0133. The predicted octanol–water partition coefficient (Wildman–Crippen LogP) is 4.35. The van der Waals surface area contributed by atoms with Crippen LogP contribution in [0.1, 0.15) is 25.8 Å². The second-order valence-corrected chi connectivity index (χ2v) is 7.61. The lowest BCUT2D eigenvalue weighted by molar-refractivity contribution is -0.134. The number of nitrogens with one attached hydrogen (secondary N) is 1. The van der Waals surface area contributed by atoms with Crippen LogP contribution >= 0.6 is 11.8 Å². The van der Waals surface area contributed by atoms with Crippen LogP contribution in [-0.4, -0.2) is 35.1 Å². The van der Waals surface area contributed by atoms with E-state index in [9.17, 15) is 9.59 Å². The summed E-state index contributed by atoms with van der Waals surface area (Å²) in [5.74, 6) is -0.182. The van der Waals surface area contributed by atoms with Crippen molar-refractivity contribution in [1.82, 2.24) is 4.90 Å². The number of rotatable bonds is 8. The van der Waals surface area contributed by atoms with Crippen LogP contribution in [0.2, 0.25) is 0 Å².